The van der Waals surface area contributed by atoms with Crippen molar-refractivity contribution in [3.05, 3.63) is 101 Å². The number of alkyl halides is 6. The van der Waals surface area contributed by atoms with Gasteiger partial charge >= 0.3 is 12.4 Å². The Bertz CT molecular complexity index is 1860. The molecule has 0 radical (unpaired) electrons. The van der Waals surface area contributed by atoms with E-state index in [4.69, 9.17) is 0 Å². The summed E-state index contributed by atoms with van der Waals surface area (Å²) in [5.41, 5.74) is -1.66. The fraction of sp³-hybridized carbons (Fsp3) is 0.194. The van der Waals surface area contributed by atoms with Crippen molar-refractivity contribution in [3.63, 3.8) is 0 Å². The molecule has 2 aromatic heterocycles. The van der Waals surface area contributed by atoms with Crippen LogP contribution in [0.4, 0.5) is 38.0 Å². The van der Waals surface area contributed by atoms with Gasteiger partial charge in [0.15, 0.2) is 5.82 Å². The lowest BCUT2D eigenvalue weighted by atomic mass is 9.99. The number of aromatic nitrogens is 4. The number of nitrogens with zero attached hydrogens (tertiary/aromatic N) is 5. The smallest absolute Gasteiger partial charge is 0.366 e. The lowest BCUT2D eigenvalue weighted by Crippen LogP contribution is -2.25. The molecule has 8 nitrogen and oxygen atoms in total. The third-order valence-electron chi connectivity index (χ3n) is 7.24. The van der Waals surface area contributed by atoms with E-state index >= 15 is 0 Å². The fourth-order valence-electron chi connectivity index (χ4n) is 5.15. The fourth-order valence-corrected chi connectivity index (χ4v) is 5.15. The van der Waals surface area contributed by atoms with Crippen molar-refractivity contribution in [3.8, 4) is 22.5 Å². The molecule has 0 bridgehead atoms. The molecule has 0 unspecified atom stereocenters. The summed E-state index contributed by atoms with van der Waals surface area (Å²) in [6.07, 6.45) is -6.88. The maximum atomic E-state index is 14.0. The molecule has 1 aliphatic heterocycles. The van der Waals surface area contributed by atoms with Gasteiger partial charge in [0, 0.05) is 30.3 Å². The number of nitrogens with one attached hydrogen (secondary N) is 1. The summed E-state index contributed by atoms with van der Waals surface area (Å²) >= 11 is 0. The van der Waals surface area contributed by atoms with Crippen LogP contribution in [0.5, 0.6) is 0 Å². The average molecular weight is 627 g/mol. The number of carbonyl (C=O) groups excluding carboxylic acids is 2. The summed E-state index contributed by atoms with van der Waals surface area (Å²) in [5.74, 6) is -0.385. The molecule has 0 aliphatic carbocycles. The first-order valence-corrected chi connectivity index (χ1v) is 13.4. The summed E-state index contributed by atoms with van der Waals surface area (Å²) in [5, 5.41) is 10.9. The lowest BCUT2D eigenvalue weighted by Gasteiger charge is -2.20. The molecular weight excluding hydrogens is 602 g/mol. The van der Waals surface area contributed by atoms with Gasteiger partial charge < -0.3 is 9.88 Å². The van der Waals surface area contributed by atoms with E-state index in [1.165, 1.54) is 25.4 Å². The standard InChI is InChI=1S/C31H24F6N6O2/c1-4-24(30(32,33)34)17(2)13-38-26-11-19(20-7-5-6-8-21(20)28-41-39-16-42(28)3)12-27(40-26)43-14-23-22(29(43)45)9-18(15-44)10-25(23)31(35,36)37/h4-12,15-16H,2,13-14H2,1,3H3,(H,38,40)/b24-4+. The molecule has 0 atom stereocenters. The quantitative estimate of drug-likeness (QED) is 0.129. The second-order valence-electron chi connectivity index (χ2n) is 10.2. The minimum atomic E-state index is -4.85. The average Bonchev–Trinajstić information content (AvgIpc) is 3.57. The number of aldehydes is 1. The normalized spacial score (nSPS) is 13.6. The zero-order valence-corrected chi connectivity index (χ0v) is 23.8. The number of pyridine rings is 1. The van der Waals surface area contributed by atoms with Crippen molar-refractivity contribution in [2.75, 3.05) is 16.8 Å². The number of anilines is 2. The maximum Gasteiger partial charge on any atom is 0.416 e. The molecule has 0 fully saturated rings. The zero-order chi connectivity index (χ0) is 32.7. The molecule has 5 rings (SSSR count). The number of fused-ring (bicyclic) bond motifs is 1. The van der Waals surface area contributed by atoms with Crippen molar-refractivity contribution in [1.82, 2.24) is 19.7 Å². The van der Waals surface area contributed by atoms with Gasteiger partial charge in [-0.15, -0.1) is 10.2 Å². The number of hydrogen-bond acceptors (Lipinski definition) is 6. The Kier molecular flexibility index (Phi) is 8.08. The van der Waals surface area contributed by atoms with Crippen molar-refractivity contribution in [2.24, 2.45) is 7.05 Å². The Balaban J connectivity index is 1.62. The third kappa shape index (κ3) is 6.08. The third-order valence-corrected chi connectivity index (χ3v) is 7.24. The van der Waals surface area contributed by atoms with Gasteiger partial charge in [0.1, 0.15) is 24.2 Å². The van der Waals surface area contributed by atoms with E-state index in [0.29, 0.717) is 28.6 Å². The second-order valence-corrected chi connectivity index (χ2v) is 10.2. The van der Waals surface area contributed by atoms with Crippen LogP contribution in [0.15, 0.2) is 78.7 Å². The summed E-state index contributed by atoms with van der Waals surface area (Å²) in [6, 6.07) is 11.8. The first-order chi connectivity index (χ1) is 21.2. The van der Waals surface area contributed by atoms with Crippen molar-refractivity contribution in [2.45, 2.75) is 25.8 Å². The topological polar surface area (TPSA) is 93.0 Å². The number of aryl methyl sites for hydroxylation is 1. The number of amides is 1. The molecule has 2 aromatic carbocycles. The molecule has 4 aromatic rings. The van der Waals surface area contributed by atoms with Crippen LogP contribution in [0.1, 0.15) is 38.8 Å². The van der Waals surface area contributed by atoms with Crippen LogP contribution in [0.25, 0.3) is 22.5 Å². The molecule has 14 heteroatoms. The van der Waals surface area contributed by atoms with Gasteiger partial charge in [0.2, 0.25) is 0 Å². The van der Waals surface area contributed by atoms with E-state index in [-0.39, 0.29) is 46.7 Å². The molecular formula is C31H24F6N6O2. The number of benzene rings is 2. The van der Waals surface area contributed by atoms with Crippen LogP contribution >= 0.6 is 0 Å². The molecule has 0 saturated heterocycles. The number of carbonyl (C=O) groups is 2. The van der Waals surface area contributed by atoms with Gasteiger partial charge in [-0.25, -0.2) is 4.98 Å². The summed E-state index contributed by atoms with van der Waals surface area (Å²) in [7, 11) is 1.73. The highest BCUT2D eigenvalue weighted by molar-refractivity contribution is 6.11. The Morgan fingerprint density at radius 2 is 1.76 bits per heavy atom. The van der Waals surface area contributed by atoms with Crippen LogP contribution in [0, 0.1) is 0 Å². The summed E-state index contributed by atoms with van der Waals surface area (Å²) in [4.78, 5) is 30.3. The van der Waals surface area contributed by atoms with E-state index in [0.717, 1.165) is 17.0 Å². The number of hydrogen-bond donors (Lipinski definition) is 1. The van der Waals surface area contributed by atoms with Crippen LogP contribution in [-0.2, 0) is 19.8 Å². The summed E-state index contributed by atoms with van der Waals surface area (Å²) < 4.78 is 84.0. The lowest BCUT2D eigenvalue weighted by molar-refractivity contribution is -0.138. The predicted molar refractivity (Wildman–Crippen MR) is 154 cm³/mol. The number of halogens is 6. The molecule has 0 saturated carbocycles. The largest absolute Gasteiger partial charge is 0.416 e. The SMILES string of the molecule is C=C(CNc1cc(-c2ccccc2-c2nncn2C)cc(N2Cc3c(cc(C=O)cc3C(F)(F)F)C2=O)n1)/C(=C\C)C(F)(F)F. The van der Waals surface area contributed by atoms with E-state index in [2.05, 4.69) is 27.1 Å². The van der Waals surface area contributed by atoms with Gasteiger partial charge in [-0.1, -0.05) is 36.9 Å². The molecule has 1 N–H and O–H groups in total. The van der Waals surface area contributed by atoms with Crippen molar-refractivity contribution >= 4 is 23.8 Å². The van der Waals surface area contributed by atoms with Gasteiger partial charge in [0.25, 0.3) is 5.91 Å². The van der Waals surface area contributed by atoms with E-state index in [1.807, 2.05) is 0 Å². The van der Waals surface area contributed by atoms with Gasteiger partial charge in [-0.3, -0.25) is 14.5 Å². The maximum absolute atomic E-state index is 14.0. The van der Waals surface area contributed by atoms with Crippen LogP contribution in [-0.4, -0.2) is 44.7 Å². The summed E-state index contributed by atoms with van der Waals surface area (Å²) in [6.45, 7) is 3.88. The van der Waals surface area contributed by atoms with Crippen LogP contribution < -0.4 is 10.2 Å². The highest BCUT2D eigenvalue weighted by Gasteiger charge is 2.41. The minimum absolute atomic E-state index is 0.0300. The highest BCUT2D eigenvalue weighted by atomic mass is 19.4. The molecule has 0 spiro atoms. The molecule has 45 heavy (non-hydrogen) atoms. The second kappa shape index (κ2) is 11.7. The van der Waals surface area contributed by atoms with E-state index < -0.39 is 35.9 Å². The Morgan fingerprint density at radius 3 is 2.36 bits per heavy atom. The minimum Gasteiger partial charge on any atom is -0.366 e. The number of rotatable bonds is 8. The first-order valence-electron chi connectivity index (χ1n) is 13.4. The Labute approximate surface area is 252 Å². The molecule has 1 aliphatic rings. The highest BCUT2D eigenvalue weighted by Crippen LogP contribution is 2.41. The monoisotopic (exact) mass is 626 g/mol. The van der Waals surface area contributed by atoms with Crippen molar-refractivity contribution in [1.29, 1.82) is 0 Å². The molecule has 3 heterocycles. The van der Waals surface area contributed by atoms with Crippen LogP contribution in [0.3, 0.4) is 0 Å². The molecule has 232 valence electrons. The first kappa shape index (κ1) is 31.2. The number of allylic oxidation sites excluding steroid dienone is 1. The van der Waals surface area contributed by atoms with Gasteiger partial charge in [-0.2, -0.15) is 26.3 Å². The molecule has 1 amide bonds. The van der Waals surface area contributed by atoms with Gasteiger partial charge in [0.05, 0.1) is 17.7 Å². The zero-order valence-electron chi connectivity index (χ0n) is 23.8. The van der Waals surface area contributed by atoms with Crippen molar-refractivity contribution < 1.29 is 35.9 Å². The van der Waals surface area contributed by atoms with Crippen LogP contribution in [0.2, 0.25) is 0 Å². The van der Waals surface area contributed by atoms with E-state index in [9.17, 15) is 35.9 Å². The predicted octanol–water partition coefficient (Wildman–Crippen LogP) is 7.01. The Morgan fingerprint density at radius 1 is 1.04 bits per heavy atom. The van der Waals surface area contributed by atoms with Gasteiger partial charge in [-0.05, 0) is 53.5 Å². The Hall–Kier alpha value is -5.27. The van der Waals surface area contributed by atoms with E-state index in [1.54, 1.807) is 35.9 Å².